The average molecular weight is 262 g/mol. The lowest BCUT2D eigenvalue weighted by atomic mass is 10.1. The van der Waals surface area contributed by atoms with E-state index >= 15 is 0 Å². The van der Waals surface area contributed by atoms with Crippen LogP contribution in [0.5, 0.6) is 5.75 Å². The van der Waals surface area contributed by atoms with Crippen molar-refractivity contribution in [2.24, 2.45) is 0 Å². The van der Waals surface area contributed by atoms with Crippen LogP contribution in [0.2, 0.25) is 0 Å². The molecule has 1 aromatic rings. The fourth-order valence-electron chi connectivity index (χ4n) is 2.07. The van der Waals surface area contributed by atoms with E-state index in [1.807, 2.05) is 38.1 Å². The molecule has 104 valence electrons. The maximum absolute atomic E-state index is 5.72. The van der Waals surface area contributed by atoms with E-state index in [0.29, 0.717) is 0 Å². The van der Waals surface area contributed by atoms with E-state index in [1.165, 1.54) is 0 Å². The third-order valence-corrected chi connectivity index (χ3v) is 3.13. The fourth-order valence-corrected chi connectivity index (χ4v) is 2.07. The molecule has 2 rings (SSSR count). The Balaban J connectivity index is 1.83. The second kappa shape index (κ2) is 6.73. The number of hydrogen-bond acceptors (Lipinski definition) is 3. The zero-order chi connectivity index (χ0) is 13.7. The van der Waals surface area contributed by atoms with Gasteiger partial charge in [0.05, 0.1) is 0 Å². The minimum Gasteiger partial charge on any atom is -0.465 e. The molecule has 1 heterocycles. The van der Waals surface area contributed by atoms with Gasteiger partial charge < -0.3 is 14.2 Å². The molecule has 0 aromatic heterocycles. The molecule has 3 nitrogen and oxygen atoms in total. The molecule has 2 atom stereocenters. The van der Waals surface area contributed by atoms with E-state index in [0.717, 1.165) is 42.8 Å². The monoisotopic (exact) mass is 262 g/mol. The van der Waals surface area contributed by atoms with Crippen LogP contribution in [-0.4, -0.2) is 19.2 Å². The van der Waals surface area contributed by atoms with Gasteiger partial charge in [-0.15, -0.1) is 0 Å². The zero-order valence-electron chi connectivity index (χ0n) is 11.7. The predicted molar refractivity (Wildman–Crippen MR) is 75.9 cm³/mol. The Hall–Kier alpha value is -1.32. The molecule has 1 fully saturated rings. The molecule has 0 amide bonds. The first-order valence-corrected chi connectivity index (χ1v) is 6.85. The smallest absolute Gasteiger partial charge is 0.199 e. The van der Waals surface area contributed by atoms with Gasteiger partial charge in [-0.05, 0) is 50.8 Å². The molecule has 19 heavy (non-hydrogen) atoms. The highest BCUT2D eigenvalue weighted by Crippen LogP contribution is 2.20. The summed E-state index contributed by atoms with van der Waals surface area (Å²) in [5.41, 5.74) is 2.17. The van der Waals surface area contributed by atoms with Gasteiger partial charge in [0.1, 0.15) is 5.75 Å². The summed E-state index contributed by atoms with van der Waals surface area (Å²) in [6.07, 6.45) is 2.79. The van der Waals surface area contributed by atoms with E-state index < -0.39 is 0 Å². The SMILES string of the molecule is C=C(C)c1ccc(OC(C)OC2CCCCO2)cc1. The van der Waals surface area contributed by atoms with Crippen molar-refractivity contribution < 1.29 is 14.2 Å². The first-order valence-electron chi connectivity index (χ1n) is 6.85. The van der Waals surface area contributed by atoms with Crippen LogP contribution < -0.4 is 4.74 Å². The Kier molecular flexibility index (Phi) is 5.00. The number of rotatable bonds is 5. The molecule has 1 aliphatic heterocycles. The Morgan fingerprint density at radius 1 is 1.32 bits per heavy atom. The Morgan fingerprint density at radius 2 is 2.05 bits per heavy atom. The minimum atomic E-state index is -0.307. The molecule has 0 aliphatic carbocycles. The van der Waals surface area contributed by atoms with Crippen LogP contribution in [0.3, 0.4) is 0 Å². The summed E-state index contributed by atoms with van der Waals surface area (Å²) in [7, 11) is 0. The van der Waals surface area contributed by atoms with Crippen LogP contribution >= 0.6 is 0 Å². The third-order valence-electron chi connectivity index (χ3n) is 3.13. The molecule has 2 unspecified atom stereocenters. The summed E-state index contributed by atoms with van der Waals surface area (Å²) in [4.78, 5) is 0. The minimum absolute atomic E-state index is 0.126. The van der Waals surface area contributed by atoms with Gasteiger partial charge in [-0.25, -0.2) is 0 Å². The fraction of sp³-hybridized carbons (Fsp3) is 0.500. The van der Waals surface area contributed by atoms with Crippen LogP contribution in [0.1, 0.15) is 38.7 Å². The first-order chi connectivity index (χ1) is 9.15. The topological polar surface area (TPSA) is 27.7 Å². The molecular formula is C16H22O3. The molecule has 0 N–H and O–H groups in total. The normalized spacial score (nSPS) is 20.8. The second-order valence-electron chi connectivity index (χ2n) is 4.92. The van der Waals surface area contributed by atoms with Gasteiger partial charge >= 0.3 is 0 Å². The standard InChI is InChI=1S/C16H22O3/c1-12(2)14-7-9-15(10-8-14)18-13(3)19-16-6-4-5-11-17-16/h7-10,13,16H,1,4-6,11H2,2-3H3. The van der Waals surface area contributed by atoms with Gasteiger partial charge in [0.25, 0.3) is 0 Å². The van der Waals surface area contributed by atoms with Crippen LogP contribution in [0, 0.1) is 0 Å². The van der Waals surface area contributed by atoms with Gasteiger partial charge in [-0.2, -0.15) is 0 Å². The molecule has 0 radical (unpaired) electrons. The van der Waals surface area contributed by atoms with Gasteiger partial charge in [-0.1, -0.05) is 24.3 Å². The van der Waals surface area contributed by atoms with Gasteiger partial charge in [0, 0.05) is 6.61 Å². The molecule has 0 bridgehead atoms. The van der Waals surface area contributed by atoms with Crippen LogP contribution in [-0.2, 0) is 9.47 Å². The molecule has 1 saturated heterocycles. The predicted octanol–water partition coefficient (Wildman–Crippen LogP) is 3.99. The van der Waals surface area contributed by atoms with Crippen molar-refractivity contribution in [3.63, 3.8) is 0 Å². The van der Waals surface area contributed by atoms with Crippen molar-refractivity contribution in [2.75, 3.05) is 6.61 Å². The van der Waals surface area contributed by atoms with E-state index in [9.17, 15) is 0 Å². The third kappa shape index (κ3) is 4.37. The Bertz CT molecular complexity index is 405. The highest BCUT2D eigenvalue weighted by Gasteiger charge is 2.17. The summed E-state index contributed by atoms with van der Waals surface area (Å²) in [5, 5.41) is 0. The lowest BCUT2D eigenvalue weighted by molar-refractivity contribution is -0.225. The van der Waals surface area contributed by atoms with Gasteiger partial charge in [-0.3, -0.25) is 0 Å². The van der Waals surface area contributed by atoms with E-state index in [1.54, 1.807) is 0 Å². The summed E-state index contributed by atoms with van der Waals surface area (Å²) in [5.74, 6) is 0.799. The van der Waals surface area contributed by atoms with Gasteiger partial charge in [0.2, 0.25) is 0 Å². The van der Waals surface area contributed by atoms with Crippen molar-refractivity contribution in [2.45, 2.75) is 45.7 Å². The van der Waals surface area contributed by atoms with Crippen molar-refractivity contribution in [3.8, 4) is 5.75 Å². The van der Waals surface area contributed by atoms with Crippen LogP contribution in [0.25, 0.3) is 5.57 Å². The number of allylic oxidation sites excluding steroid dienone is 1. The molecule has 1 aliphatic rings. The number of benzene rings is 1. The quantitative estimate of drug-likeness (QED) is 0.751. The largest absolute Gasteiger partial charge is 0.465 e. The highest BCUT2D eigenvalue weighted by molar-refractivity contribution is 5.61. The second-order valence-corrected chi connectivity index (χ2v) is 4.92. The van der Waals surface area contributed by atoms with Crippen molar-refractivity contribution in [1.82, 2.24) is 0 Å². The van der Waals surface area contributed by atoms with Crippen molar-refractivity contribution in [1.29, 1.82) is 0 Å². The van der Waals surface area contributed by atoms with E-state index in [4.69, 9.17) is 14.2 Å². The lowest BCUT2D eigenvalue weighted by Crippen LogP contribution is -2.29. The van der Waals surface area contributed by atoms with E-state index in [-0.39, 0.29) is 12.6 Å². The van der Waals surface area contributed by atoms with Gasteiger partial charge in [0.15, 0.2) is 12.6 Å². The molecule has 0 spiro atoms. The van der Waals surface area contributed by atoms with Crippen molar-refractivity contribution in [3.05, 3.63) is 36.4 Å². The molecule has 0 saturated carbocycles. The summed E-state index contributed by atoms with van der Waals surface area (Å²) < 4.78 is 17.0. The van der Waals surface area contributed by atoms with Crippen LogP contribution in [0.15, 0.2) is 30.8 Å². The number of ether oxygens (including phenoxy) is 3. The summed E-state index contributed by atoms with van der Waals surface area (Å²) in [6, 6.07) is 7.88. The zero-order valence-corrected chi connectivity index (χ0v) is 11.7. The van der Waals surface area contributed by atoms with E-state index in [2.05, 4.69) is 6.58 Å². The summed E-state index contributed by atoms with van der Waals surface area (Å²) >= 11 is 0. The summed E-state index contributed by atoms with van der Waals surface area (Å²) in [6.45, 7) is 8.58. The molecular weight excluding hydrogens is 240 g/mol. The molecule has 1 aromatic carbocycles. The maximum Gasteiger partial charge on any atom is 0.199 e. The Labute approximate surface area is 115 Å². The number of hydrogen-bond donors (Lipinski definition) is 0. The molecule has 3 heteroatoms. The highest BCUT2D eigenvalue weighted by atomic mass is 16.8. The Morgan fingerprint density at radius 3 is 2.63 bits per heavy atom. The average Bonchev–Trinajstić information content (AvgIpc) is 2.40. The van der Waals surface area contributed by atoms with Crippen LogP contribution in [0.4, 0.5) is 0 Å². The van der Waals surface area contributed by atoms with Crippen molar-refractivity contribution >= 4 is 5.57 Å². The lowest BCUT2D eigenvalue weighted by Gasteiger charge is -2.26. The maximum atomic E-state index is 5.72. The first kappa shape index (κ1) is 14.1.